The maximum Gasteiger partial charge on any atom is 0.0875 e. The number of aliphatic hydroxyl groups is 1. The van der Waals surface area contributed by atoms with Gasteiger partial charge in [-0.2, -0.15) is 0 Å². The third kappa shape index (κ3) is 4.33. The highest BCUT2D eigenvalue weighted by Gasteiger charge is 2.22. The van der Waals surface area contributed by atoms with Crippen LogP contribution in [0.5, 0.6) is 0 Å². The van der Waals surface area contributed by atoms with Crippen molar-refractivity contribution in [3.63, 3.8) is 0 Å². The van der Waals surface area contributed by atoms with Crippen molar-refractivity contribution in [2.24, 2.45) is 0 Å². The van der Waals surface area contributed by atoms with Crippen LogP contribution in [0.25, 0.3) is 0 Å². The van der Waals surface area contributed by atoms with Crippen molar-refractivity contribution in [3.05, 3.63) is 35.9 Å². The fourth-order valence-corrected chi connectivity index (χ4v) is 1.48. The molecule has 2 heteroatoms. The predicted molar refractivity (Wildman–Crippen MR) is 66.3 cm³/mol. The van der Waals surface area contributed by atoms with Gasteiger partial charge in [0.2, 0.25) is 0 Å². The lowest BCUT2D eigenvalue weighted by molar-refractivity contribution is -0.0494. The molecule has 0 aromatic heterocycles. The van der Waals surface area contributed by atoms with Crippen molar-refractivity contribution < 1.29 is 9.84 Å². The molecule has 1 aromatic carbocycles. The van der Waals surface area contributed by atoms with Gasteiger partial charge in [-0.25, -0.2) is 0 Å². The second kappa shape index (κ2) is 4.98. The quantitative estimate of drug-likeness (QED) is 0.829. The minimum absolute atomic E-state index is 0.299. The summed E-state index contributed by atoms with van der Waals surface area (Å²) in [5.41, 5.74) is 0.199. The largest absolute Gasteiger partial charge is 0.390 e. The maximum atomic E-state index is 9.61. The van der Waals surface area contributed by atoms with E-state index < -0.39 is 5.60 Å². The van der Waals surface area contributed by atoms with E-state index in [0.717, 1.165) is 5.56 Å². The topological polar surface area (TPSA) is 29.5 Å². The average molecular weight is 222 g/mol. The number of hydrogen-bond donors (Lipinski definition) is 1. The molecule has 0 fully saturated rings. The Kier molecular flexibility index (Phi) is 4.11. The third-order valence-electron chi connectivity index (χ3n) is 2.65. The summed E-state index contributed by atoms with van der Waals surface area (Å²) in [6.45, 7) is 8.25. The molecule has 0 unspecified atom stereocenters. The molecule has 90 valence electrons. The molecule has 0 spiro atoms. The normalized spacial score (nSPS) is 12.8. The molecule has 16 heavy (non-hydrogen) atoms. The van der Waals surface area contributed by atoms with Crippen molar-refractivity contribution in [2.45, 2.75) is 45.3 Å². The highest BCUT2D eigenvalue weighted by molar-refractivity contribution is 5.20. The zero-order valence-electron chi connectivity index (χ0n) is 10.7. The molecule has 0 atom stereocenters. The molecule has 0 saturated carbocycles. The van der Waals surface area contributed by atoms with E-state index in [0.29, 0.717) is 13.0 Å². The molecule has 0 aliphatic carbocycles. The summed E-state index contributed by atoms with van der Waals surface area (Å²) in [5, 5.41) is 9.61. The van der Waals surface area contributed by atoms with Crippen molar-refractivity contribution in [3.8, 4) is 0 Å². The van der Waals surface area contributed by atoms with Crippen LogP contribution in [-0.2, 0) is 10.3 Å². The molecule has 0 radical (unpaired) electrons. The Bertz CT molecular complexity index is 309. The van der Waals surface area contributed by atoms with Gasteiger partial charge in [-0.05, 0) is 39.7 Å². The number of hydrogen-bond acceptors (Lipinski definition) is 2. The van der Waals surface area contributed by atoms with Gasteiger partial charge in [-0.1, -0.05) is 30.3 Å². The third-order valence-corrected chi connectivity index (χ3v) is 2.65. The zero-order valence-corrected chi connectivity index (χ0v) is 10.7. The molecule has 1 aromatic rings. The first-order valence-corrected chi connectivity index (χ1v) is 5.73. The summed E-state index contributed by atoms with van der Waals surface area (Å²) in [4.78, 5) is 0. The smallest absolute Gasteiger partial charge is 0.0875 e. The Hall–Kier alpha value is -0.860. The first-order valence-electron chi connectivity index (χ1n) is 5.73. The summed E-state index contributed by atoms with van der Waals surface area (Å²) in [7, 11) is 0. The molecule has 0 saturated heterocycles. The Balaban J connectivity index is 2.53. The highest BCUT2D eigenvalue weighted by Crippen LogP contribution is 2.25. The van der Waals surface area contributed by atoms with Crippen molar-refractivity contribution in [1.82, 2.24) is 0 Å². The van der Waals surface area contributed by atoms with E-state index in [1.165, 1.54) is 0 Å². The Morgan fingerprint density at radius 1 is 1.06 bits per heavy atom. The summed E-state index contributed by atoms with van der Waals surface area (Å²) >= 11 is 0. The number of rotatable bonds is 5. The van der Waals surface area contributed by atoms with Crippen molar-refractivity contribution in [2.75, 3.05) is 6.61 Å². The van der Waals surface area contributed by atoms with Gasteiger partial charge < -0.3 is 9.84 Å². The van der Waals surface area contributed by atoms with Gasteiger partial charge >= 0.3 is 0 Å². The summed E-state index contributed by atoms with van der Waals surface area (Å²) in [6, 6.07) is 10.1. The summed E-state index contributed by atoms with van der Waals surface area (Å²) < 4.78 is 5.83. The van der Waals surface area contributed by atoms with E-state index in [1.807, 2.05) is 32.0 Å². The van der Waals surface area contributed by atoms with Gasteiger partial charge in [0.25, 0.3) is 0 Å². The SMILES string of the molecule is CC(C)(O)CCOC(C)(C)c1ccccc1. The molecule has 2 nitrogen and oxygen atoms in total. The fourth-order valence-electron chi connectivity index (χ4n) is 1.48. The highest BCUT2D eigenvalue weighted by atomic mass is 16.5. The van der Waals surface area contributed by atoms with Crippen LogP contribution in [-0.4, -0.2) is 17.3 Å². The lowest BCUT2D eigenvalue weighted by Gasteiger charge is -2.27. The van der Waals surface area contributed by atoms with E-state index in [1.54, 1.807) is 13.8 Å². The van der Waals surface area contributed by atoms with Crippen LogP contribution in [0.4, 0.5) is 0 Å². The van der Waals surface area contributed by atoms with E-state index in [4.69, 9.17) is 4.74 Å². The van der Waals surface area contributed by atoms with Gasteiger partial charge in [0.1, 0.15) is 0 Å². The lowest BCUT2D eigenvalue weighted by Crippen LogP contribution is -2.27. The van der Waals surface area contributed by atoms with Gasteiger partial charge in [-0.15, -0.1) is 0 Å². The monoisotopic (exact) mass is 222 g/mol. The standard InChI is InChI=1S/C14H22O2/c1-13(2,15)10-11-16-14(3,4)12-8-6-5-7-9-12/h5-9,15H,10-11H2,1-4H3. The van der Waals surface area contributed by atoms with Crippen LogP contribution in [0.15, 0.2) is 30.3 Å². The van der Waals surface area contributed by atoms with Gasteiger partial charge in [0.05, 0.1) is 17.8 Å². The molecule has 1 rings (SSSR count). The molecule has 1 N–H and O–H groups in total. The molecular weight excluding hydrogens is 200 g/mol. The van der Waals surface area contributed by atoms with Crippen molar-refractivity contribution >= 4 is 0 Å². The number of ether oxygens (including phenoxy) is 1. The van der Waals surface area contributed by atoms with Crippen LogP contribution < -0.4 is 0 Å². The van der Waals surface area contributed by atoms with Crippen LogP contribution in [0.2, 0.25) is 0 Å². The average Bonchev–Trinajstić information content (AvgIpc) is 2.17. The van der Waals surface area contributed by atoms with Crippen molar-refractivity contribution in [1.29, 1.82) is 0 Å². The molecule has 0 aliphatic rings. The predicted octanol–water partition coefficient (Wildman–Crippen LogP) is 3.10. The van der Waals surface area contributed by atoms with Crippen LogP contribution in [0.3, 0.4) is 0 Å². The minimum atomic E-state index is -0.660. The Morgan fingerprint density at radius 3 is 2.12 bits per heavy atom. The molecule has 0 aliphatic heterocycles. The zero-order chi connectivity index (χ0) is 12.2. The summed E-state index contributed by atoms with van der Waals surface area (Å²) in [6.07, 6.45) is 0.642. The second-order valence-electron chi connectivity index (χ2n) is 5.29. The first-order chi connectivity index (χ1) is 7.31. The maximum absolute atomic E-state index is 9.61. The van der Waals surface area contributed by atoms with Crippen LogP contribution in [0.1, 0.15) is 39.7 Å². The Labute approximate surface area is 98.3 Å². The Morgan fingerprint density at radius 2 is 1.62 bits per heavy atom. The van der Waals surface area contributed by atoms with E-state index in [-0.39, 0.29) is 5.60 Å². The molecular formula is C14H22O2. The minimum Gasteiger partial charge on any atom is -0.390 e. The molecule has 0 heterocycles. The van der Waals surface area contributed by atoms with E-state index in [9.17, 15) is 5.11 Å². The molecule has 0 amide bonds. The van der Waals surface area contributed by atoms with E-state index >= 15 is 0 Å². The van der Waals surface area contributed by atoms with Crippen LogP contribution >= 0.6 is 0 Å². The van der Waals surface area contributed by atoms with Gasteiger partial charge in [0, 0.05) is 0 Å². The molecule has 0 bridgehead atoms. The van der Waals surface area contributed by atoms with Gasteiger partial charge in [-0.3, -0.25) is 0 Å². The van der Waals surface area contributed by atoms with E-state index in [2.05, 4.69) is 12.1 Å². The lowest BCUT2D eigenvalue weighted by atomic mass is 9.98. The second-order valence-corrected chi connectivity index (χ2v) is 5.29. The number of benzene rings is 1. The fraction of sp³-hybridized carbons (Fsp3) is 0.571. The van der Waals surface area contributed by atoms with Crippen LogP contribution in [0, 0.1) is 0 Å². The first kappa shape index (κ1) is 13.2. The summed E-state index contributed by atoms with van der Waals surface area (Å²) in [5.74, 6) is 0. The van der Waals surface area contributed by atoms with Gasteiger partial charge in [0.15, 0.2) is 0 Å².